The van der Waals surface area contributed by atoms with Gasteiger partial charge in [0.05, 0.1) is 6.61 Å². The average Bonchev–Trinajstić information content (AvgIpc) is 2.54. The number of aliphatic hydroxyl groups excluding tert-OH is 7. The molecule has 0 aromatic carbocycles. The second-order valence-electron chi connectivity index (χ2n) is 4.49. The van der Waals surface area contributed by atoms with E-state index in [0.29, 0.717) is 0 Å². The summed E-state index contributed by atoms with van der Waals surface area (Å²) >= 11 is 0. The summed E-state index contributed by atoms with van der Waals surface area (Å²) in [5.74, 6) is -3.69. The van der Waals surface area contributed by atoms with Crippen LogP contribution in [0.5, 0.6) is 0 Å². The highest BCUT2D eigenvalue weighted by Crippen LogP contribution is 2.10. The summed E-state index contributed by atoms with van der Waals surface area (Å²) in [6.07, 6.45) is -16.1. The van der Waals surface area contributed by atoms with Gasteiger partial charge < -0.3 is 45.6 Å². The molecule has 12 nitrogen and oxygen atoms in total. The maximum absolute atomic E-state index is 11.5. The molecule has 0 fully saturated rings. The number of carboxylic acid groups (broad SMARTS) is 1. The Balaban J connectivity index is 4.87. The number of rotatable bonds is 10. The molecule has 0 rings (SSSR count). The van der Waals surface area contributed by atoms with Gasteiger partial charge in [-0.05, 0) is 0 Å². The lowest BCUT2D eigenvalue weighted by Crippen LogP contribution is -2.52. The molecule has 0 saturated heterocycles. The zero-order chi connectivity index (χ0) is 18.3. The second kappa shape index (κ2) is 9.46. The zero-order valence-corrected chi connectivity index (χ0v) is 11.5. The van der Waals surface area contributed by atoms with E-state index in [0.717, 1.165) is 0 Å². The molecule has 7 atom stereocenters. The molecule has 0 aromatic rings. The van der Waals surface area contributed by atoms with Crippen LogP contribution >= 0.6 is 0 Å². The van der Waals surface area contributed by atoms with E-state index >= 15 is 0 Å². The highest BCUT2D eigenvalue weighted by molar-refractivity contribution is 5.78. The van der Waals surface area contributed by atoms with E-state index in [2.05, 4.69) is 4.74 Å². The van der Waals surface area contributed by atoms with E-state index in [9.17, 15) is 34.8 Å². The first kappa shape index (κ1) is 21.3. The Bertz CT molecular complexity index is 412. The summed E-state index contributed by atoms with van der Waals surface area (Å²) in [4.78, 5) is 32.6. The van der Waals surface area contributed by atoms with Crippen LogP contribution in [0.25, 0.3) is 0 Å². The predicted molar refractivity (Wildman–Crippen MR) is 66.7 cm³/mol. The third kappa shape index (κ3) is 5.80. The zero-order valence-electron chi connectivity index (χ0n) is 11.5. The van der Waals surface area contributed by atoms with Crippen molar-refractivity contribution in [1.82, 2.24) is 0 Å². The van der Waals surface area contributed by atoms with Crippen molar-refractivity contribution in [2.45, 2.75) is 42.7 Å². The van der Waals surface area contributed by atoms with Crippen LogP contribution in [-0.4, -0.2) is 108 Å². The lowest BCUT2D eigenvalue weighted by molar-refractivity contribution is -0.186. The van der Waals surface area contributed by atoms with E-state index in [4.69, 9.17) is 20.4 Å². The standard InChI is InChI=1S/C11H18O12/c12-1-3(14)5(15)4(2-13)23-11(22)9(19)7(17)6(16)8(18)10(20)21/h2-9,12,14-19H,1H2,(H,20,21)/t3-,4+,5-,6+,7+,8+,9-/m1/s1. The number of aliphatic hydroxyl groups is 7. The Hall–Kier alpha value is -1.67. The Morgan fingerprint density at radius 3 is 1.78 bits per heavy atom. The summed E-state index contributed by atoms with van der Waals surface area (Å²) in [6, 6.07) is 0. The van der Waals surface area contributed by atoms with Gasteiger partial charge in [0, 0.05) is 0 Å². The van der Waals surface area contributed by atoms with Crippen molar-refractivity contribution < 1.29 is 60.0 Å². The van der Waals surface area contributed by atoms with E-state index in [1.807, 2.05) is 0 Å². The molecule has 0 aromatic heterocycles. The fraction of sp³-hybridized carbons (Fsp3) is 0.727. The minimum atomic E-state index is -2.57. The molecule has 0 heterocycles. The first-order valence-corrected chi connectivity index (χ1v) is 6.16. The fourth-order valence-corrected chi connectivity index (χ4v) is 1.37. The van der Waals surface area contributed by atoms with Crippen LogP contribution in [0.3, 0.4) is 0 Å². The Morgan fingerprint density at radius 2 is 1.39 bits per heavy atom. The molecule has 0 aliphatic carbocycles. The van der Waals surface area contributed by atoms with Crippen molar-refractivity contribution in [3.05, 3.63) is 0 Å². The van der Waals surface area contributed by atoms with Crippen molar-refractivity contribution >= 4 is 18.2 Å². The number of ether oxygens (including phenoxy) is 1. The van der Waals surface area contributed by atoms with Crippen LogP contribution in [0.4, 0.5) is 0 Å². The predicted octanol–water partition coefficient (Wildman–Crippen LogP) is -5.66. The molecule has 12 heteroatoms. The van der Waals surface area contributed by atoms with Gasteiger partial charge in [0.2, 0.25) is 0 Å². The van der Waals surface area contributed by atoms with Crippen LogP contribution in [0.2, 0.25) is 0 Å². The van der Waals surface area contributed by atoms with Gasteiger partial charge in [-0.25, -0.2) is 9.59 Å². The summed E-state index contributed by atoms with van der Waals surface area (Å²) in [5.41, 5.74) is 0. The molecule has 0 amide bonds. The molecule has 0 aliphatic heterocycles. The summed E-state index contributed by atoms with van der Waals surface area (Å²) in [7, 11) is 0. The fourth-order valence-electron chi connectivity index (χ4n) is 1.37. The van der Waals surface area contributed by atoms with Gasteiger partial charge in [0.25, 0.3) is 0 Å². The van der Waals surface area contributed by atoms with Crippen LogP contribution in [0.15, 0.2) is 0 Å². The van der Waals surface area contributed by atoms with Crippen molar-refractivity contribution in [3.8, 4) is 0 Å². The molecule has 0 radical (unpaired) electrons. The molecule has 0 aliphatic rings. The third-order valence-corrected chi connectivity index (χ3v) is 2.80. The molecule has 0 unspecified atom stereocenters. The molecule has 0 bridgehead atoms. The maximum atomic E-state index is 11.5. The molecular weight excluding hydrogens is 324 g/mol. The largest absolute Gasteiger partial charge is 0.479 e. The summed E-state index contributed by atoms with van der Waals surface area (Å²) in [5, 5.41) is 72.6. The number of hydrogen-bond acceptors (Lipinski definition) is 11. The van der Waals surface area contributed by atoms with E-state index in [-0.39, 0.29) is 6.29 Å². The number of carbonyl (C=O) groups excluding carboxylic acids is 2. The van der Waals surface area contributed by atoms with E-state index < -0.39 is 61.3 Å². The Morgan fingerprint density at radius 1 is 0.913 bits per heavy atom. The number of carboxylic acids is 1. The number of carbonyl (C=O) groups is 3. The van der Waals surface area contributed by atoms with Crippen LogP contribution < -0.4 is 0 Å². The van der Waals surface area contributed by atoms with Crippen molar-refractivity contribution in [2.24, 2.45) is 0 Å². The number of hydrogen-bond donors (Lipinski definition) is 8. The third-order valence-electron chi connectivity index (χ3n) is 2.80. The van der Waals surface area contributed by atoms with Gasteiger partial charge in [-0.15, -0.1) is 0 Å². The molecular formula is C11H18O12. The smallest absolute Gasteiger partial charge is 0.338 e. The maximum Gasteiger partial charge on any atom is 0.338 e. The first-order valence-electron chi connectivity index (χ1n) is 6.16. The van der Waals surface area contributed by atoms with Gasteiger partial charge in [-0.2, -0.15) is 0 Å². The first-order chi connectivity index (χ1) is 10.6. The Labute approximate surface area is 128 Å². The monoisotopic (exact) mass is 342 g/mol. The van der Waals surface area contributed by atoms with Crippen molar-refractivity contribution in [3.63, 3.8) is 0 Å². The molecule has 134 valence electrons. The highest BCUT2D eigenvalue weighted by atomic mass is 16.6. The van der Waals surface area contributed by atoms with Crippen LogP contribution in [0, 0.1) is 0 Å². The number of aliphatic carboxylic acids is 1. The van der Waals surface area contributed by atoms with Gasteiger partial charge in [-0.3, -0.25) is 4.79 Å². The number of esters is 1. The van der Waals surface area contributed by atoms with Crippen LogP contribution in [0.1, 0.15) is 0 Å². The van der Waals surface area contributed by atoms with Crippen LogP contribution in [-0.2, 0) is 19.1 Å². The minimum Gasteiger partial charge on any atom is -0.479 e. The van der Waals surface area contributed by atoms with Crippen molar-refractivity contribution in [2.75, 3.05) is 6.61 Å². The van der Waals surface area contributed by atoms with Gasteiger partial charge in [0.1, 0.15) is 24.4 Å². The second-order valence-corrected chi connectivity index (χ2v) is 4.49. The molecule has 8 N–H and O–H groups in total. The highest BCUT2D eigenvalue weighted by Gasteiger charge is 2.40. The minimum absolute atomic E-state index is 0.136. The summed E-state index contributed by atoms with van der Waals surface area (Å²) in [6.45, 7) is -0.974. The molecule has 0 saturated carbocycles. The quantitative estimate of drug-likeness (QED) is 0.137. The lowest BCUT2D eigenvalue weighted by Gasteiger charge is -2.26. The normalized spacial score (nSPS) is 20.5. The van der Waals surface area contributed by atoms with E-state index in [1.165, 1.54) is 0 Å². The Kier molecular flexibility index (Phi) is 8.78. The lowest BCUT2D eigenvalue weighted by atomic mass is 10.0. The van der Waals surface area contributed by atoms with Crippen molar-refractivity contribution in [1.29, 1.82) is 0 Å². The summed E-state index contributed by atoms with van der Waals surface area (Å²) < 4.78 is 4.28. The van der Waals surface area contributed by atoms with Gasteiger partial charge >= 0.3 is 11.9 Å². The van der Waals surface area contributed by atoms with Gasteiger partial charge in [0.15, 0.2) is 24.6 Å². The average molecular weight is 342 g/mol. The van der Waals surface area contributed by atoms with Gasteiger partial charge in [-0.1, -0.05) is 0 Å². The topological polar surface area (TPSA) is 222 Å². The molecule has 0 spiro atoms. The number of aldehydes is 1. The molecule has 23 heavy (non-hydrogen) atoms. The SMILES string of the molecule is O=C[C@H](OC(=O)[C@H](O)[C@@H](O)[C@H](O)[C@H](O)C(=O)O)[C@H](O)[C@H](O)CO. The van der Waals surface area contributed by atoms with E-state index in [1.54, 1.807) is 0 Å².